The summed E-state index contributed by atoms with van der Waals surface area (Å²) >= 11 is 7.29. The number of fused-ring (bicyclic) bond motifs is 1. The van der Waals surface area contributed by atoms with Crippen molar-refractivity contribution in [2.45, 2.75) is 39.5 Å². The largest absolute Gasteiger partial charge is 0.493 e. The summed E-state index contributed by atoms with van der Waals surface area (Å²) in [4.78, 5) is 9.73. The minimum Gasteiger partial charge on any atom is -0.493 e. The molecule has 4 rings (SSSR count). The predicted octanol–water partition coefficient (Wildman–Crippen LogP) is 8.74. The number of benzene rings is 3. The number of pyridine rings is 1. The second kappa shape index (κ2) is 14.2. The van der Waals surface area contributed by atoms with Gasteiger partial charge in [-0.3, -0.25) is 5.43 Å². The quantitative estimate of drug-likeness (QED) is 0.0762. The number of aliphatic imine (C=N–C) groups is 1. The number of para-hydroxylation sites is 1. The summed E-state index contributed by atoms with van der Waals surface area (Å²) in [6, 6.07) is 21.8. The van der Waals surface area contributed by atoms with Crippen molar-refractivity contribution in [1.82, 2.24) is 10.4 Å². The highest BCUT2D eigenvalue weighted by Gasteiger charge is 2.11. The van der Waals surface area contributed by atoms with Gasteiger partial charge in [0.1, 0.15) is 5.69 Å². The van der Waals surface area contributed by atoms with E-state index in [-0.39, 0.29) is 0 Å². The number of nitrogens with one attached hydrogen (secondary N) is 1. The van der Waals surface area contributed by atoms with E-state index in [1.54, 1.807) is 13.3 Å². The number of aryl methyl sites for hydroxylation is 1. The molecular formula is C31H32Br2N4O2. The highest BCUT2D eigenvalue weighted by Crippen LogP contribution is 2.35. The molecule has 0 bridgehead atoms. The lowest BCUT2D eigenvalue weighted by Crippen LogP contribution is -2.20. The fourth-order valence-electron chi connectivity index (χ4n) is 4.01. The number of hydrogen-bond donors (Lipinski definition) is 1. The first kappa shape index (κ1) is 28.8. The smallest absolute Gasteiger partial charge is 0.173 e. The number of rotatable bonds is 11. The van der Waals surface area contributed by atoms with E-state index < -0.39 is 0 Å². The second-order valence-electron chi connectivity index (χ2n) is 9.12. The fourth-order valence-corrected chi connectivity index (χ4v) is 5.60. The number of aromatic nitrogens is 1. The van der Waals surface area contributed by atoms with Crippen LogP contribution in [0.2, 0.25) is 0 Å². The van der Waals surface area contributed by atoms with Crippen molar-refractivity contribution in [2.24, 2.45) is 10.1 Å². The van der Waals surface area contributed by atoms with E-state index >= 15 is 0 Å². The Bertz CT molecular complexity index is 1460. The average Bonchev–Trinajstić information content (AvgIpc) is 2.94. The average molecular weight is 652 g/mol. The maximum absolute atomic E-state index is 5.94. The van der Waals surface area contributed by atoms with Crippen molar-refractivity contribution in [1.29, 1.82) is 0 Å². The van der Waals surface area contributed by atoms with E-state index in [1.807, 2.05) is 73.7 Å². The van der Waals surface area contributed by atoms with Crippen molar-refractivity contribution in [2.75, 3.05) is 13.7 Å². The van der Waals surface area contributed by atoms with Crippen LogP contribution >= 0.6 is 31.9 Å². The van der Waals surface area contributed by atoms with Gasteiger partial charge in [0.2, 0.25) is 0 Å². The molecule has 0 radical (unpaired) electrons. The van der Waals surface area contributed by atoms with Crippen LogP contribution in [0.3, 0.4) is 0 Å². The van der Waals surface area contributed by atoms with Crippen LogP contribution in [-0.2, 0) is 0 Å². The van der Waals surface area contributed by atoms with E-state index in [2.05, 4.69) is 49.3 Å². The van der Waals surface area contributed by atoms with Crippen LogP contribution in [0.1, 0.15) is 49.4 Å². The monoisotopic (exact) mass is 650 g/mol. The zero-order valence-electron chi connectivity index (χ0n) is 22.4. The van der Waals surface area contributed by atoms with Crippen LogP contribution < -0.4 is 14.9 Å². The highest BCUT2D eigenvalue weighted by atomic mass is 79.9. The molecule has 4 aromatic rings. The van der Waals surface area contributed by atoms with E-state index in [4.69, 9.17) is 19.5 Å². The van der Waals surface area contributed by atoms with E-state index in [0.29, 0.717) is 23.9 Å². The molecule has 3 aromatic carbocycles. The summed E-state index contributed by atoms with van der Waals surface area (Å²) in [5, 5.41) is 5.56. The van der Waals surface area contributed by atoms with Crippen molar-refractivity contribution >= 4 is 60.5 Å². The number of hydrazone groups is 1. The summed E-state index contributed by atoms with van der Waals surface area (Å²) in [7, 11) is 1.64. The molecule has 1 heterocycles. The topological polar surface area (TPSA) is 68.1 Å². The van der Waals surface area contributed by atoms with Crippen molar-refractivity contribution in [3.8, 4) is 11.5 Å². The summed E-state index contributed by atoms with van der Waals surface area (Å²) in [6.07, 6.45) is 6.35. The zero-order chi connectivity index (χ0) is 27.6. The molecule has 1 aromatic heterocycles. The molecule has 0 fully saturated rings. The summed E-state index contributed by atoms with van der Waals surface area (Å²) in [5.41, 5.74) is 7.40. The highest BCUT2D eigenvalue weighted by molar-refractivity contribution is 9.11. The third-order valence-electron chi connectivity index (χ3n) is 6.05. The molecular weight excluding hydrogens is 620 g/mol. The first-order valence-corrected chi connectivity index (χ1v) is 14.6. The normalized spacial score (nSPS) is 11.8. The van der Waals surface area contributed by atoms with Gasteiger partial charge in [-0.15, -0.1) is 0 Å². The molecule has 0 amide bonds. The standard InChI is InChI=1S/C31H32Br2N4O2/c1-4-5-6-9-16-39-28-15-12-22(19-29(28)38-3)20-34-37-31(36-30-24(32)17-21(2)18-25(30)33)27-14-13-23-10-7-8-11-26(23)35-27/h7-8,10-15,17-20H,4-6,9,16H2,1-3H3,(H,36,37)/b34-20+. The summed E-state index contributed by atoms with van der Waals surface area (Å²) in [6.45, 7) is 4.91. The minimum absolute atomic E-state index is 0.515. The Balaban J connectivity index is 1.59. The van der Waals surface area contributed by atoms with Gasteiger partial charge in [-0.25, -0.2) is 9.98 Å². The number of nitrogens with zero attached hydrogens (tertiary/aromatic N) is 3. The molecule has 0 atom stereocenters. The van der Waals surface area contributed by atoms with Crippen LogP contribution in [0.25, 0.3) is 10.9 Å². The van der Waals surface area contributed by atoms with Gasteiger partial charge in [0.15, 0.2) is 17.3 Å². The zero-order valence-corrected chi connectivity index (χ0v) is 25.5. The number of hydrogen-bond acceptors (Lipinski definition) is 5. The molecule has 6 nitrogen and oxygen atoms in total. The lowest BCUT2D eigenvalue weighted by atomic mass is 10.2. The van der Waals surface area contributed by atoms with Crippen molar-refractivity contribution in [3.63, 3.8) is 0 Å². The third-order valence-corrected chi connectivity index (χ3v) is 7.26. The molecule has 1 N–H and O–H groups in total. The van der Waals surface area contributed by atoms with Crippen LogP contribution in [-0.4, -0.2) is 30.8 Å². The predicted molar refractivity (Wildman–Crippen MR) is 168 cm³/mol. The lowest BCUT2D eigenvalue weighted by Gasteiger charge is -2.11. The van der Waals surface area contributed by atoms with Crippen LogP contribution in [0, 0.1) is 6.92 Å². The summed E-state index contributed by atoms with van der Waals surface area (Å²) in [5.74, 6) is 1.92. The van der Waals surface area contributed by atoms with Gasteiger partial charge in [-0.05, 0) is 98.8 Å². The molecule has 39 heavy (non-hydrogen) atoms. The Morgan fingerprint density at radius 2 is 1.74 bits per heavy atom. The maximum Gasteiger partial charge on any atom is 0.173 e. The Kier molecular flexibility index (Phi) is 10.5. The number of unbranched alkanes of at least 4 members (excludes halogenated alkanes) is 3. The van der Waals surface area contributed by atoms with Gasteiger partial charge in [0.25, 0.3) is 0 Å². The Hall–Kier alpha value is -3.23. The van der Waals surface area contributed by atoms with Crippen LogP contribution in [0.4, 0.5) is 5.69 Å². The van der Waals surface area contributed by atoms with Gasteiger partial charge >= 0.3 is 0 Å². The molecule has 0 saturated heterocycles. The molecule has 202 valence electrons. The first-order valence-electron chi connectivity index (χ1n) is 13.0. The molecule has 0 unspecified atom stereocenters. The maximum atomic E-state index is 5.94. The van der Waals surface area contributed by atoms with Crippen molar-refractivity contribution in [3.05, 3.63) is 92.5 Å². The lowest BCUT2D eigenvalue weighted by molar-refractivity contribution is 0.285. The summed E-state index contributed by atoms with van der Waals surface area (Å²) < 4.78 is 13.2. The van der Waals surface area contributed by atoms with E-state index in [9.17, 15) is 0 Å². The third kappa shape index (κ3) is 7.90. The molecule has 8 heteroatoms. The van der Waals surface area contributed by atoms with Gasteiger partial charge in [0.05, 0.1) is 31.1 Å². The van der Waals surface area contributed by atoms with Gasteiger partial charge < -0.3 is 9.47 Å². The SMILES string of the molecule is CCCCCCOc1ccc(/C=N/NC(=Nc2c(Br)cc(C)cc2Br)c2ccc3ccccc3n2)cc1OC. The molecule has 0 aliphatic carbocycles. The molecule has 0 aliphatic heterocycles. The number of ether oxygens (including phenoxy) is 2. The van der Waals surface area contributed by atoms with Gasteiger partial charge in [0, 0.05) is 14.3 Å². The molecule has 0 aliphatic rings. The van der Waals surface area contributed by atoms with Gasteiger partial charge in [-0.1, -0.05) is 50.5 Å². The number of halogens is 2. The minimum atomic E-state index is 0.515. The van der Waals surface area contributed by atoms with Gasteiger partial charge in [-0.2, -0.15) is 5.10 Å². The Morgan fingerprint density at radius 3 is 2.51 bits per heavy atom. The number of amidine groups is 1. The Morgan fingerprint density at radius 1 is 0.949 bits per heavy atom. The second-order valence-corrected chi connectivity index (χ2v) is 10.8. The van der Waals surface area contributed by atoms with Crippen LogP contribution in [0.15, 0.2) is 85.8 Å². The Labute approximate surface area is 246 Å². The fraction of sp³-hybridized carbons (Fsp3) is 0.258. The number of methoxy groups -OCH3 is 1. The van der Waals surface area contributed by atoms with Crippen molar-refractivity contribution < 1.29 is 9.47 Å². The van der Waals surface area contributed by atoms with E-state index in [0.717, 1.165) is 48.8 Å². The van der Waals surface area contributed by atoms with E-state index in [1.165, 1.54) is 19.3 Å². The molecule has 0 saturated carbocycles. The van der Waals surface area contributed by atoms with Crippen LogP contribution in [0.5, 0.6) is 11.5 Å². The first-order chi connectivity index (χ1) is 19.0. The molecule has 0 spiro atoms.